The molecule has 0 aliphatic carbocycles. The fourth-order valence-corrected chi connectivity index (χ4v) is 3.97. The molecule has 1 fully saturated rings. The number of nitrogens with one attached hydrogen (secondary N) is 1. The summed E-state index contributed by atoms with van der Waals surface area (Å²) >= 11 is 1.60. The second-order valence-electron chi connectivity index (χ2n) is 6.30. The van der Waals surface area contributed by atoms with Crippen molar-refractivity contribution in [3.63, 3.8) is 0 Å². The van der Waals surface area contributed by atoms with E-state index >= 15 is 0 Å². The largest absolute Gasteiger partial charge is 0.378 e. The minimum absolute atomic E-state index is 0.162. The number of anilines is 1. The number of amides is 1. The van der Waals surface area contributed by atoms with E-state index in [2.05, 4.69) is 20.5 Å². The number of hydrogen-bond donors (Lipinski definition) is 1. The number of benzene rings is 1. The Balaban J connectivity index is 1.49. The van der Waals surface area contributed by atoms with Crippen LogP contribution in [0.25, 0.3) is 10.8 Å². The second kappa shape index (κ2) is 7.91. The summed E-state index contributed by atoms with van der Waals surface area (Å²) in [6.45, 7) is 3.22. The third-order valence-electron chi connectivity index (χ3n) is 4.46. The van der Waals surface area contributed by atoms with Gasteiger partial charge in [-0.1, -0.05) is 18.2 Å². The van der Waals surface area contributed by atoms with E-state index < -0.39 is 5.91 Å². The van der Waals surface area contributed by atoms with Crippen molar-refractivity contribution in [2.45, 2.75) is 0 Å². The minimum atomic E-state index is -0.465. The quantitative estimate of drug-likeness (QED) is 0.534. The summed E-state index contributed by atoms with van der Waals surface area (Å²) in [5, 5.41) is 10.2. The van der Waals surface area contributed by atoms with Crippen molar-refractivity contribution in [1.29, 1.82) is 0 Å². The first kappa shape index (κ1) is 18.3. The predicted molar refractivity (Wildman–Crippen MR) is 109 cm³/mol. The molecular weight excluding hydrogens is 378 g/mol. The Labute approximate surface area is 165 Å². The van der Waals surface area contributed by atoms with Crippen molar-refractivity contribution in [2.75, 3.05) is 31.2 Å². The van der Waals surface area contributed by atoms with Crippen molar-refractivity contribution in [3.8, 4) is 0 Å². The fourth-order valence-electron chi connectivity index (χ4n) is 3.04. The summed E-state index contributed by atoms with van der Waals surface area (Å²) < 4.78 is 6.53. The maximum Gasteiger partial charge on any atom is 0.292 e. The van der Waals surface area contributed by atoms with Gasteiger partial charge in [-0.2, -0.15) is 10.2 Å². The summed E-state index contributed by atoms with van der Waals surface area (Å²) in [6, 6.07) is 10.9. The Bertz CT molecular complexity index is 1100. The number of morpholine rings is 1. The molecule has 1 aliphatic heterocycles. The first-order chi connectivity index (χ1) is 13.6. The number of hydrazone groups is 1. The first-order valence-corrected chi connectivity index (χ1v) is 9.67. The van der Waals surface area contributed by atoms with Crippen LogP contribution in [0.15, 0.2) is 46.3 Å². The van der Waals surface area contributed by atoms with Crippen molar-refractivity contribution in [1.82, 2.24) is 15.2 Å². The summed E-state index contributed by atoms with van der Waals surface area (Å²) in [5.74, 6) is -0.465. The number of ether oxygens (including phenoxy) is 1. The Hall–Kier alpha value is -3.04. The van der Waals surface area contributed by atoms with Crippen molar-refractivity contribution in [3.05, 3.63) is 57.3 Å². The van der Waals surface area contributed by atoms with Crippen LogP contribution < -0.4 is 15.9 Å². The maximum absolute atomic E-state index is 12.5. The zero-order valence-corrected chi connectivity index (χ0v) is 16.1. The Kier molecular flexibility index (Phi) is 5.18. The summed E-state index contributed by atoms with van der Waals surface area (Å²) in [4.78, 5) is 27.9. The lowest BCUT2D eigenvalue weighted by Crippen LogP contribution is -2.35. The molecule has 0 radical (unpaired) electrons. The average molecular weight is 397 g/mol. The van der Waals surface area contributed by atoms with Crippen LogP contribution in [0.1, 0.15) is 15.4 Å². The van der Waals surface area contributed by atoms with E-state index in [0.717, 1.165) is 40.9 Å². The third-order valence-corrected chi connectivity index (χ3v) is 5.55. The molecule has 1 aromatic carbocycles. The molecule has 0 spiro atoms. The van der Waals surface area contributed by atoms with Gasteiger partial charge in [0.2, 0.25) is 0 Å². The molecule has 3 aromatic rings. The normalized spacial score (nSPS) is 14.7. The van der Waals surface area contributed by atoms with Crippen LogP contribution in [-0.4, -0.2) is 48.2 Å². The van der Waals surface area contributed by atoms with Crippen LogP contribution in [0.3, 0.4) is 0 Å². The van der Waals surface area contributed by atoms with E-state index in [0.29, 0.717) is 10.8 Å². The number of aryl methyl sites for hydroxylation is 1. The van der Waals surface area contributed by atoms with Gasteiger partial charge in [0.15, 0.2) is 5.69 Å². The van der Waals surface area contributed by atoms with E-state index in [1.165, 1.54) is 7.05 Å². The molecule has 3 heterocycles. The standard InChI is InChI=1S/C19H19N5O3S/c1-23-19(26)15-5-3-2-4-14(15)17(22-23)18(25)21-20-12-13-6-7-16(28-13)24-8-10-27-11-9-24/h2-7,12H,8-11H2,1H3,(H,21,25)/b20-12+. The van der Waals surface area contributed by atoms with Crippen molar-refractivity contribution >= 4 is 39.2 Å². The number of rotatable bonds is 4. The molecule has 28 heavy (non-hydrogen) atoms. The molecular formula is C19H19N5O3S. The van der Waals surface area contributed by atoms with Gasteiger partial charge in [-0.05, 0) is 18.2 Å². The number of aromatic nitrogens is 2. The lowest BCUT2D eigenvalue weighted by atomic mass is 10.1. The van der Waals surface area contributed by atoms with Crippen LogP contribution in [0.2, 0.25) is 0 Å². The molecule has 2 aromatic heterocycles. The van der Waals surface area contributed by atoms with Crippen LogP contribution in [0, 0.1) is 0 Å². The van der Waals surface area contributed by atoms with Gasteiger partial charge >= 0.3 is 0 Å². The van der Waals surface area contributed by atoms with Gasteiger partial charge in [0.05, 0.1) is 29.8 Å². The third kappa shape index (κ3) is 3.67. The first-order valence-electron chi connectivity index (χ1n) is 8.85. The molecule has 0 unspecified atom stereocenters. The molecule has 9 heteroatoms. The Morgan fingerprint density at radius 1 is 1.21 bits per heavy atom. The number of fused-ring (bicyclic) bond motifs is 1. The smallest absolute Gasteiger partial charge is 0.292 e. The van der Waals surface area contributed by atoms with Gasteiger partial charge < -0.3 is 9.64 Å². The highest BCUT2D eigenvalue weighted by Crippen LogP contribution is 2.25. The topological polar surface area (TPSA) is 88.8 Å². The van der Waals surface area contributed by atoms with Gasteiger partial charge in [-0.25, -0.2) is 10.1 Å². The zero-order chi connectivity index (χ0) is 19.5. The SMILES string of the molecule is Cn1nc(C(=O)N/N=C/c2ccc(N3CCOCC3)s2)c2ccccc2c1=O. The Morgan fingerprint density at radius 2 is 1.96 bits per heavy atom. The molecule has 0 bridgehead atoms. The molecule has 1 aliphatic rings. The lowest BCUT2D eigenvalue weighted by Gasteiger charge is -2.27. The monoisotopic (exact) mass is 397 g/mol. The molecule has 0 saturated carbocycles. The number of carbonyl (C=O) groups excluding carboxylic acids is 1. The van der Waals surface area contributed by atoms with E-state index in [9.17, 15) is 9.59 Å². The fraction of sp³-hybridized carbons (Fsp3) is 0.263. The van der Waals surface area contributed by atoms with E-state index in [1.54, 1.807) is 41.8 Å². The number of thiophene rings is 1. The Morgan fingerprint density at radius 3 is 2.75 bits per heavy atom. The summed E-state index contributed by atoms with van der Waals surface area (Å²) in [5.41, 5.74) is 2.42. The number of hydrogen-bond acceptors (Lipinski definition) is 7. The summed E-state index contributed by atoms with van der Waals surface area (Å²) in [7, 11) is 1.52. The van der Waals surface area contributed by atoms with Gasteiger partial charge in [-0.3, -0.25) is 9.59 Å². The molecule has 8 nitrogen and oxygen atoms in total. The van der Waals surface area contributed by atoms with Crippen LogP contribution in [0.5, 0.6) is 0 Å². The highest BCUT2D eigenvalue weighted by Gasteiger charge is 2.15. The highest BCUT2D eigenvalue weighted by molar-refractivity contribution is 7.17. The molecule has 1 N–H and O–H groups in total. The zero-order valence-electron chi connectivity index (χ0n) is 15.3. The molecule has 0 atom stereocenters. The van der Waals surface area contributed by atoms with Gasteiger partial charge in [-0.15, -0.1) is 11.3 Å². The van der Waals surface area contributed by atoms with E-state index in [1.807, 2.05) is 12.1 Å². The maximum atomic E-state index is 12.5. The van der Waals surface area contributed by atoms with Gasteiger partial charge in [0.1, 0.15) is 0 Å². The predicted octanol–water partition coefficient (Wildman–Crippen LogP) is 1.60. The lowest BCUT2D eigenvalue weighted by molar-refractivity contribution is 0.0950. The number of nitrogens with zero attached hydrogens (tertiary/aromatic N) is 4. The molecule has 144 valence electrons. The summed E-state index contributed by atoms with van der Waals surface area (Å²) in [6.07, 6.45) is 1.61. The van der Waals surface area contributed by atoms with Crippen LogP contribution in [0.4, 0.5) is 5.00 Å². The average Bonchev–Trinajstić information content (AvgIpc) is 3.20. The van der Waals surface area contributed by atoms with E-state index in [-0.39, 0.29) is 11.3 Å². The minimum Gasteiger partial charge on any atom is -0.378 e. The van der Waals surface area contributed by atoms with Gasteiger partial charge in [0.25, 0.3) is 11.5 Å². The van der Waals surface area contributed by atoms with Crippen molar-refractivity contribution < 1.29 is 9.53 Å². The van der Waals surface area contributed by atoms with Crippen LogP contribution >= 0.6 is 11.3 Å². The number of carbonyl (C=O) groups is 1. The molecule has 4 rings (SSSR count). The highest BCUT2D eigenvalue weighted by atomic mass is 32.1. The van der Waals surface area contributed by atoms with Gasteiger partial charge in [0, 0.05) is 30.4 Å². The molecule has 1 amide bonds. The second-order valence-corrected chi connectivity index (χ2v) is 7.39. The van der Waals surface area contributed by atoms with E-state index in [4.69, 9.17) is 4.74 Å². The van der Waals surface area contributed by atoms with Crippen molar-refractivity contribution in [2.24, 2.45) is 12.1 Å². The molecule has 1 saturated heterocycles. The van der Waals surface area contributed by atoms with Crippen LogP contribution in [-0.2, 0) is 11.8 Å².